The fourth-order valence-electron chi connectivity index (χ4n) is 2.55. The van der Waals surface area contributed by atoms with Crippen LogP contribution >= 0.6 is 0 Å². The molecule has 0 atom stereocenters. The zero-order chi connectivity index (χ0) is 16.0. The normalized spacial score (nSPS) is 22.2. The van der Waals surface area contributed by atoms with E-state index in [-0.39, 0.29) is 35.9 Å². The first-order valence-electron chi connectivity index (χ1n) is 7.57. The number of amides is 1. The van der Waals surface area contributed by atoms with Crippen LogP contribution in [0, 0.1) is 0 Å². The van der Waals surface area contributed by atoms with Gasteiger partial charge in [-0.05, 0) is 37.8 Å². The van der Waals surface area contributed by atoms with Gasteiger partial charge in [-0.25, -0.2) is 13.1 Å². The molecule has 0 unspecified atom stereocenters. The van der Waals surface area contributed by atoms with Gasteiger partial charge in [-0.2, -0.15) is 0 Å². The van der Waals surface area contributed by atoms with Gasteiger partial charge in [0.05, 0.1) is 4.90 Å². The largest absolute Gasteiger partial charge is 0.353 e. The van der Waals surface area contributed by atoms with E-state index in [0.29, 0.717) is 0 Å². The lowest BCUT2D eigenvalue weighted by atomic mass is 9.92. The Labute approximate surface area is 131 Å². The Kier molecular flexibility index (Phi) is 5.93. The summed E-state index contributed by atoms with van der Waals surface area (Å²) in [7, 11) is -3.54. The molecule has 2 rings (SSSR count). The topological polar surface area (TPSA) is 101 Å². The summed E-state index contributed by atoms with van der Waals surface area (Å²) in [5.74, 6) is -0.128. The molecule has 0 aliphatic heterocycles. The van der Waals surface area contributed by atoms with E-state index in [9.17, 15) is 13.2 Å². The summed E-state index contributed by atoms with van der Waals surface area (Å²) in [6.07, 6.45) is 3.76. The molecule has 0 spiro atoms. The van der Waals surface area contributed by atoms with Crippen molar-refractivity contribution in [3.8, 4) is 0 Å². The van der Waals surface area contributed by atoms with Gasteiger partial charge in [0.2, 0.25) is 15.9 Å². The summed E-state index contributed by atoms with van der Waals surface area (Å²) < 4.78 is 26.4. The Bertz CT molecular complexity index is 581. The van der Waals surface area contributed by atoms with Crippen LogP contribution in [-0.4, -0.2) is 33.0 Å². The molecule has 122 valence electrons. The Morgan fingerprint density at radius 2 is 1.77 bits per heavy atom. The van der Waals surface area contributed by atoms with Crippen molar-refractivity contribution in [3.63, 3.8) is 0 Å². The fourth-order valence-corrected chi connectivity index (χ4v) is 3.60. The third-order valence-corrected chi connectivity index (χ3v) is 5.31. The number of carbonyl (C=O) groups is 1. The van der Waals surface area contributed by atoms with Crippen LogP contribution in [-0.2, 0) is 14.8 Å². The second-order valence-corrected chi connectivity index (χ2v) is 7.41. The molecule has 0 bridgehead atoms. The van der Waals surface area contributed by atoms with Gasteiger partial charge in [0.15, 0.2) is 0 Å². The number of sulfonamides is 1. The van der Waals surface area contributed by atoms with Crippen molar-refractivity contribution >= 4 is 15.9 Å². The van der Waals surface area contributed by atoms with Crippen molar-refractivity contribution in [2.24, 2.45) is 5.73 Å². The van der Waals surface area contributed by atoms with Gasteiger partial charge in [-0.3, -0.25) is 4.79 Å². The first-order valence-corrected chi connectivity index (χ1v) is 9.05. The Morgan fingerprint density at radius 3 is 2.41 bits per heavy atom. The zero-order valence-corrected chi connectivity index (χ0v) is 13.3. The Morgan fingerprint density at radius 1 is 1.14 bits per heavy atom. The molecule has 0 radical (unpaired) electrons. The fraction of sp³-hybridized carbons (Fsp3) is 0.533. The zero-order valence-electron chi connectivity index (χ0n) is 12.5. The second kappa shape index (κ2) is 7.71. The standard InChI is InChI=1S/C15H23N3O3S/c16-12-6-8-13(9-7-12)18-15(19)10-11-17-22(20,21)14-4-2-1-3-5-14/h1-5,12-13,17H,6-11,16H2,(H,18,19). The molecule has 6 nitrogen and oxygen atoms in total. The molecule has 7 heteroatoms. The number of hydrogen-bond acceptors (Lipinski definition) is 4. The summed E-state index contributed by atoms with van der Waals surface area (Å²) >= 11 is 0. The van der Waals surface area contributed by atoms with Crippen LogP contribution in [0.25, 0.3) is 0 Å². The predicted molar refractivity (Wildman–Crippen MR) is 84.6 cm³/mol. The van der Waals surface area contributed by atoms with Crippen molar-refractivity contribution in [2.75, 3.05) is 6.54 Å². The maximum Gasteiger partial charge on any atom is 0.240 e. The number of nitrogens with two attached hydrogens (primary N) is 1. The molecule has 0 aromatic heterocycles. The summed E-state index contributed by atoms with van der Waals surface area (Å²) in [6, 6.07) is 8.53. The Balaban J connectivity index is 1.73. The number of nitrogens with one attached hydrogen (secondary N) is 2. The van der Waals surface area contributed by atoms with Gasteiger partial charge < -0.3 is 11.1 Å². The summed E-state index contributed by atoms with van der Waals surface area (Å²) in [4.78, 5) is 12.0. The number of benzene rings is 1. The molecular formula is C15H23N3O3S. The molecule has 22 heavy (non-hydrogen) atoms. The van der Waals surface area contributed by atoms with E-state index in [0.717, 1.165) is 25.7 Å². The van der Waals surface area contributed by atoms with Crippen molar-refractivity contribution < 1.29 is 13.2 Å². The quantitative estimate of drug-likeness (QED) is 0.718. The average Bonchev–Trinajstić information content (AvgIpc) is 2.50. The van der Waals surface area contributed by atoms with Gasteiger partial charge in [0.1, 0.15) is 0 Å². The number of carbonyl (C=O) groups excluding carboxylic acids is 1. The number of rotatable bonds is 6. The minimum atomic E-state index is -3.54. The van der Waals surface area contributed by atoms with Gasteiger partial charge in [0, 0.05) is 25.0 Å². The third kappa shape index (κ3) is 5.08. The smallest absolute Gasteiger partial charge is 0.240 e. The molecule has 0 saturated heterocycles. The van der Waals surface area contributed by atoms with Gasteiger partial charge in [-0.1, -0.05) is 18.2 Å². The second-order valence-electron chi connectivity index (χ2n) is 5.64. The van der Waals surface area contributed by atoms with E-state index in [4.69, 9.17) is 5.73 Å². The predicted octanol–water partition coefficient (Wildman–Crippen LogP) is 0.741. The third-order valence-electron chi connectivity index (χ3n) is 3.83. The number of hydrogen-bond donors (Lipinski definition) is 3. The van der Waals surface area contributed by atoms with Crippen LogP contribution < -0.4 is 15.8 Å². The van der Waals surface area contributed by atoms with E-state index in [2.05, 4.69) is 10.0 Å². The molecular weight excluding hydrogens is 302 g/mol. The molecule has 1 saturated carbocycles. The van der Waals surface area contributed by atoms with Gasteiger partial charge in [0.25, 0.3) is 0 Å². The molecule has 0 heterocycles. The van der Waals surface area contributed by atoms with E-state index in [1.165, 1.54) is 12.1 Å². The van der Waals surface area contributed by atoms with Crippen molar-refractivity contribution in [1.82, 2.24) is 10.0 Å². The van der Waals surface area contributed by atoms with E-state index < -0.39 is 10.0 Å². The Hall–Kier alpha value is -1.44. The van der Waals surface area contributed by atoms with Crippen LogP contribution in [0.2, 0.25) is 0 Å². The van der Waals surface area contributed by atoms with Gasteiger partial charge in [-0.15, -0.1) is 0 Å². The van der Waals surface area contributed by atoms with Crippen LogP contribution in [0.1, 0.15) is 32.1 Å². The average molecular weight is 325 g/mol. The highest BCUT2D eigenvalue weighted by Gasteiger charge is 2.20. The lowest BCUT2D eigenvalue weighted by Crippen LogP contribution is -2.41. The maximum atomic E-state index is 12.0. The first-order chi connectivity index (χ1) is 10.5. The SMILES string of the molecule is NC1CCC(NC(=O)CCNS(=O)(=O)c2ccccc2)CC1. The first kappa shape index (κ1) is 16.9. The van der Waals surface area contributed by atoms with Crippen LogP contribution in [0.3, 0.4) is 0 Å². The molecule has 1 amide bonds. The van der Waals surface area contributed by atoms with Crippen LogP contribution in [0.4, 0.5) is 0 Å². The highest BCUT2D eigenvalue weighted by atomic mass is 32.2. The van der Waals surface area contributed by atoms with E-state index >= 15 is 0 Å². The summed E-state index contributed by atoms with van der Waals surface area (Å²) in [5.41, 5.74) is 5.82. The van der Waals surface area contributed by atoms with E-state index in [1.54, 1.807) is 18.2 Å². The van der Waals surface area contributed by atoms with Gasteiger partial charge >= 0.3 is 0 Å². The maximum absolute atomic E-state index is 12.0. The van der Waals surface area contributed by atoms with Crippen LogP contribution in [0.5, 0.6) is 0 Å². The van der Waals surface area contributed by atoms with Crippen molar-refractivity contribution in [2.45, 2.75) is 49.1 Å². The minimum absolute atomic E-state index is 0.0926. The molecule has 1 aliphatic rings. The van der Waals surface area contributed by atoms with Crippen molar-refractivity contribution in [1.29, 1.82) is 0 Å². The highest BCUT2D eigenvalue weighted by molar-refractivity contribution is 7.89. The molecule has 1 aromatic carbocycles. The van der Waals surface area contributed by atoms with E-state index in [1.807, 2.05) is 0 Å². The lowest BCUT2D eigenvalue weighted by Gasteiger charge is -2.26. The summed E-state index contributed by atoms with van der Waals surface area (Å²) in [6.45, 7) is 0.0926. The summed E-state index contributed by atoms with van der Waals surface area (Å²) in [5, 5.41) is 2.94. The monoisotopic (exact) mass is 325 g/mol. The molecule has 1 aromatic rings. The van der Waals surface area contributed by atoms with Crippen molar-refractivity contribution in [3.05, 3.63) is 30.3 Å². The highest BCUT2D eigenvalue weighted by Crippen LogP contribution is 2.16. The molecule has 4 N–H and O–H groups in total. The minimum Gasteiger partial charge on any atom is -0.353 e. The molecule has 1 aliphatic carbocycles. The van der Waals surface area contributed by atoms with Crippen LogP contribution in [0.15, 0.2) is 35.2 Å². The lowest BCUT2D eigenvalue weighted by molar-refractivity contribution is -0.121. The molecule has 1 fully saturated rings.